The summed E-state index contributed by atoms with van der Waals surface area (Å²) >= 11 is 0. The lowest BCUT2D eigenvalue weighted by Crippen LogP contribution is -2.17. The Morgan fingerprint density at radius 1 is 1.17 bits per heavy atom. The summed E-state index contributed by atoms with van der Waals surface area (Å²) in [7, 11) is 0. The summed E-state index contributed by atoms with van der Waals surface area (Å²) in [4.78, 5) is 16.3. The number of nitrogens with one attached hydrogen (secondary N) is 1. The van der Waals surface area contributed by atoms with Crippen molar-refractivity contribution >= 4 is 17.8 Å². The van der Waals surface area contributed by atoms with E-state index in [2.05, 4.69) is 10.5 Å². The predicted molar refractivity (Wildman–Crippen MR) is 80.0 cm³/mol. The van der Waals surface area contributed by atoms with Gasteiger partial charge in [0, 0.05) is 11.3 Å². The molecule has 24 heavy (non-hydrogen) atoms. The van der Waals surface area contributed by atoms with Crippen LogP contribution in [0, 0.1) is 5.82 Å². The molecule has 2 aromatic carbocycles. The minimum absolute atomic E-state index is 0.0171. The normalized spacial score (nSPS) is 11.5. The first-order valence-electron chi connectivity index (χ1n) is 6.73. The SMILES string of the molecule is O=C(CO/N=C\c1ccccc1F)Nc1cccc(C(F)(F)F)c1. The monoisotopic (exact) mass is 340 g/mol. The van der Waals surface area contributed by atoms with Crippen LogP contribution >= 0.6 is 0 Å². The molecule has 1 N–H and O–H groups in total. The smallest absolute Gasteiger partial charge is 0.386 e. The molecule has 0 heterocycles. The topological polar surface area (TPSA) is 50.7 Å². The Morgan fingerprint density at radius 3 is 2.62 bits per heavy atom. The van der Waals surface area contributed by atoms with Crippen molar-refractivity contribution in [1.82, 2.24) is 0 Å². The second-order valence-electron chi connectivity index (χ2n) is 4.66. The number of halogens is 4. The molecule has 0 unspecified atom stereocenters. The van der Waals surface area contributed by atoms with Crippen LogP contribution in [0.2, 0.25) is 0 Å². The number of oxime groups is 1. The molecule has 0 fully saturated rings. The van der Waals surface area contributed by atoms with Crippen molar-refractivity contribution in [3.8, 4) is 0 Å². The largest absolute Gasteiger partial charge is 0.416 e. The van der Waals surface area contributed by atoms with Crippen LogP contribution in [0.1, 0.15) is 11.1 Å². The molecule has 0 aromatic heterocycles. The van der Waals surface area contributed by atoms with E-state index in [-0.39, 0.29) is 11.3 Å². The number of carbonyl (C=O) groups is 1. The average molecular weight is 340 g/mol. The maximum Gasteiger partial charge on any atom is 0.416 e. The Hall–Kier alpha value is -2.90. The first kappa shape index (κ1) is 17.5. The Bertz CT molecular complexity index is 745. The average Bonchev–Trinajstić information content (AvgIpc) is 2.52. The minimum Gasteiger partial charge on any atom is -0.386 e. The lowest BCUT2D eigenvalue weighted by atomic mass is 10.2. The van der Waals surface area contributed by atoms with Gasteiger partial charge in [0.1, 0.15) is 5.82 Å². The molecule has 0 aliphatic heterocycles. The fourth-order valence-electron chi connectivity index (χ4n) is 1.74. The van der Waals surface area contributed by atoms with Gasteiger partial charge in [-0.1, -0.05) is 29.4 Å². The second kappa shape index (κ2) is 7.58. The molecule has 0 atom stereocenters. The summed E-state index contributed by atoms with van der Waals surface area (Å²) in [5.41, 5.74) is -0.717. The second-order valence-corrected chi connectivity index (χ2v) is 4.66. The van der Waals surface area contributed by atoms with E-state index in [1.54, 1.807) is 6.07 Å². The van der Waals surface area contributed by atoms with E-state index in [1.165, 1.54) is 30.3 Å². The molecular weight excluding hydrogens is 328 g/mol. The molecule has 0 radical (unpaired) electrons. The van der Waals surface area contributed by atoms with Gasteiger partial charge in [-0.25, -0.2) is 4.39 Å². The zero-order valence-electron chi connectivity index (χ0n) is 12.2. The molecule has 0 bridgehead atoms. The van der Waals surface area contributed by atoms with Crippen LogP contribution in [0.25, 0.3) is 0 Å². The van der Waals surface area contributed by atoms with Gasteiger partial charge >= 0.3 is 6.18 Å². The van der Waals surface area contributed by atoms with Crippen LogP contribution in [0.15, 0.2) is 53.7 Å². The molecule has 126 valence electrons. The highest BCUT2D eigenvalue weighted by atomic mass is 19.4. The molecule has 8 heteroatoms. The van der Waals surface area contributed by atoms with Gasteiger partial charge in [-0.3, -0.25) is 4.79 Å². The van der Waals surface area contributed by atoms with Crippen molar-refractivity contribution in [2.45, 2.75) is 6.18 Å². The summed E-state index contributed by atoms with van der Waals surface area (Å²) in [6.45, 7) is -0.527. The quantitative estimate of drug-likeness (QED) is 0.511. The van der Waals surface area contributed by atoms with E-state index in [0.717, 1.165) is 18.3 Å². The molecule has 0 spiro atoms. The zero-order valence-corrected chi connectivity index (χ0v) is 12.2. The van der Waals surface area contributed by atoms with Crippen LogP contribution in [-0.4, -0.2) is 18.7 Å². The Morgan fingerprint density at radius 2 is 1.92 bits per heavy atom. The predicted octanol–water partition coefficient (Wildman–Crippen LogP) is 3.83. The molecule has 0 saturated carbocycles. The molecule has 0 saturated heterocycles. The van der Waals surface area contributed by atoms with Gasteiger partial charge in [-0.15, -0.1) is 0 Å². The highest BCUT2D eigenvalue weighted by molar-refractivity contribution is 5.91. The number of hydrogen-bond acceptors (Lipinski definition) is 3. The number of nitrogens with zero attached hydrogens (tertiary/aromatic N) is 1. The third kappa shape index (κ3) is 5.08. The van der Waals surface area contributed by atoms with Crippen LogP contribution in [0.5, 0.6) is 0 Å². The van der Waals surface area contributed by atoms with Crippen LogP contribution in [0.4, 0.5) is 23.2 Å². The third-order valence-electron chi connectivity index (χ3n) is 2.84. The molecule has 2 rings (SSSR count). The maximum atomic E-state index is 13.3. The Labute approximate surface area is 134 Å². The summed E-state index contributed by atoms with van der Waals surface area (Å²) in [5, 5.41) is 5.69. The Kier molecular flexibility index (Phi) is 5.51. The van der Waals surface area contributed by atoms with E-state index in [9.17, 15) is 22.4 Å². The molecule has 2 aromatic rings. The van der Waals surface area contributed by atoms with Crippen molar-refractivity contribution in [1.29, 1.82) is 0 Å². The van der Waals surface area contributed by atoms with E-state index in [0.29, 0.717) is 0 Å². The fourth-order valence-corrected chi connectivity index (χ4v) is 1.74. The third-order valence-corrected chi connectivity index (χ3v) is 2.84. The molecular formula is C16H12F4N2O2. The van der Waals surface area contributed by atoms with E-state index in [1.807, 2.05) is 0 Å². The molecule has 4 nitrogen and oxygen atoms in total. The van der Waals surface area contributed by atoms with Crippen molar-refractivity contribution in [2.24, 2.45) is 5.16 Å². The van der Waals surface area contributed by atoms with Gasteiger partial charge in [-0.05, 0) is 24.3 Å². The first-order chi connectivity index (χ1) is 11.4. The standard InChI is InChI=1S/C16H12F4N2O2/c17-14-7-2-1-4-11(14)9-21-24-10-15(23)22-13-6-3-5-12(8-13)16(18,19)20/h1-9H,10H2,(H,22,23)/b21-9-. The number of anilines is 1. The van der Waals surface area contributed by atoms with Crippen molar-refractivity contribution in [3.63, 3.8) is 0 Å². The summed E-state index contributed by atoms with van der Waals surface area (Å²) in [6, 6.07) is 10.0. The van der Waals surface area contributed by atoms with Crippen LogP contribution < -0.4 is 5.32 Å². The number of alkyl halides is 3. The summed E-state index contributed by atoms with van der Waals surface area (Å²) in [6.07, 6.45) is -3.41. The molecule has 0 aliphatic carbocycles. The van der Waals surface area contributed by atoms with Gasteiger partial charge in [0.05, 0.1) is 11.8 Å². The van der Waals surface area contributed by atoms with E-state index in [4.69, 9.17) is 4.84 Å². The van der Waals surface area contributed by atoms with Gasteiger partial charge in [0.15, 0.2) is 6.61 Å². The van der Waals surface area contributed by atoms with Crippen molar-refractivity contribution in [3.05, 3.63) is 65.5 Å². The van der Waals surface area contributed by atoms with Gasteiger partial charge in [0.25, 0.3) is 5.91 Å². The number of benzene rings is 2. The highest BCUT2D eigenvalue weighted by Gasteiger charge is 2.30. The Balaban J connectivity index is 1.87. The number of carbonyl (C=O) groups excluding carboxylic acids is 1. The van der Waals surface area contributed by atoms with E-state index >= 15 is 0 Å². The first-order valence-corrected chi connectivity index (χ1v) is 6.73. The number of rotatable bonds is 5. The zero-order chi connectivity index (χ0) is 17.6. The summed E-state index contributed by atoms with van der Waals surface area (Å²) in [5.74, 6) is -1.20. The maximum absolute atomic E-state index is 13.3. The molecule has 0 aliphatic rings. The minimum atomic E-state index is -4.50. The fraction of sp³-hybridized carbons (Fsp3) is 0.125. The molecule has 1 amide bonds. The lowest BCUT2D eigenvalue weighted by molar-refractivity contribution is -0.137. The lowest BCUT2D eigenvalue weighted by Gasteiger charge is -2.09. The van der Waals surface area contributed by atoms with E-state index < -0.39 is 30.1 Å². The number of hydrogen-bond donors (Lipinski definition) is 1. The van der Waals surface area contributed by atoms with Crippen LogP contribution in [0.3, 0.4) is 0 Å². The number of amides is 1. The van der Waals surface area contributed by atoms with Crippen LogP contribution in [-0.2, 0) is 15.8 Å². The van der Waals surface area contributed by atoms with Gasteiger partial charge in [0.2, 0.25) is 0 Å². The highest BCUT2D eigenvalue weighted by Crippen LogP contribution is 2.30. The van der Waals surface area contributed by atoms with Gasteiger partial charge in [-0.2, -0.15) is 13.2 Å². The summed E-state index contributed by atoms with van der Waals surface area (Å²) < 4.78 is 51.0. The van der Waals surface area contributed by atoms with Crippen molar-refractivity contribution < 1.29 is 27.2 Å². The van der Waals surface area contributed by atoms with Gasteiger partial charge < -0.3 is 10.2 Å². The van der Waals surface area contributed by atoms with Crippen molar-refractivity contribution in [2.75, 3.05) is 11.9 Å².